The first-order valence-electron chi connectivity index (χ1n) is 11.1. The first kappa shape index (κ1) is 26.0. The lowest BCUT2D eigenvalue weighted by atomic mass is 9.98. The van der Waals surface area contributed by atoms with Gasteiger partial charge in [-0.2, -0.15) is 0 Å². The number of hydrogen-bond acceptors (Lipinski definition) is 5. The standard InChI is InChI=1S/C26H22Cl2F2N4O2/c1-2-15-4-3-5-17(8-15)26(6-7-26)31-14-22(35)20(11-16-9-18(29)12-19(30)10-16)32-24(36)21-13-23(27)34-25(28)33-21/h1,3-5,8-10,12-13,20,22,31,35H,6-7,11,14H2,(H,32,36)/t20-,22-/m0/s1. The van der Waals surface area contributed by atoms with Gasteiger partial charge in [0.15, 0.2) is 0 Å². The van der Waals surface area contributed by atoms with Gasteiger partial charge in [-0.15, -0.1) is 6.42 Å². The summed E-state index contributed by atoms with van der Waals surface area (Å²) in [4.78, 5) is 20.4. The van der Waals surface area contributed by atoms with E-state index in [9.17, 15) is 18.7 Å². The van der Waals surface area contributed by atoms with E-state index in [1.54, 1.807) is 0 Å². The van der Waals surface area contributed by atoms with E-state index in [1.807, 2.05) is 24.3 Å². The molecule has 10 heteroatoms. The predicted molar refractivity (Wildman–Crippen MR) is 133 cm³/mol. The zero-order chi connectivity index (χ0) is 25.9. The molecule has 186 valence electrons. The summed E-state index contributed by atoms with van der Waals surface area (Å²) in [5.41, 5.74) is 1.56. The highest BCUT2D eigenvalue weighted by molar-refractivity contribution is 6.32. The molecule has 36 heavy (non-hydrogen) atoms. The molecule has 1 saturated carbocycles. The van der Waals surface area contributed by atoms with Gasteiger partial charge < -0.3 is 15.7 Å². The number of nitrogens with zero attached hydrogens (tertiary/aromatic N) is 2. The molecule has 0 spiro atoms. The number of nitrogens with one attached hydrogen (secondary N) is 2. The Kier molecular flexibility index (Phi) is 7.86. The maximum absolute atomic E-state index is 13.8. The number of terminal acetylenes is 1. The van der Waals surface area contributed by atoms with Crippen LogP contribution < -0.4 is 10.6 Å². The first-order valence-corrected chi connectivity index (χ1v) is 11.9. The van der Waals surface area contributed by atoms with Gasteiger partial charge in [0.25, 0.3) is 5.91 Å². The number of benzene rings is 2. The smallest absolute Gasteiger partial charge is 0.270 e. The largest absolute Gasteiger partial charge is 0.390 e. The monoisotopic (exact) mass is 530 g/mol. The Morgan fingerprint density at radius 2 is 1.86 bits per heavy atom. The molecule has 1 aromatic heterocycles. The van der Waals surface area contributed by atoms with Crippen LogP contribution in [0, 0.1) is 24.0 Å². The van der Waals surface area contributed by atoms with E-state index in [4.69, 9.17) is 29.6 Å². The topological polar surface area (TPSA) is 87.1 Å². The summed E-state index contributed by atoms with van der Waals surface area (Å²) >= 11 is 11.7. The normalized spacial score (nSPS) is 15.6. The molecule has 3 N–H and O–H groups in total. The highest BCUT2D eigenvalue weighted by Crippen LogP contribution is 2.45. The molecule has 1 amide bonds. The van der Waals surface area contributed by atoms with Gasteiger partial charge in [0, 0.05) is 29.8 Å². The molecule has 3 aromatic rings. The van der Waals surface area contributed by atoms with Crippen molar-refractivity contribution < 1.29 is 18.7 Å². The third-order valence-corrected chi connectivity index (χ3v) is 6.40. The molecule has 1 fully saturated rings. The van der Waals surface area contributed by atoms with Crippen molar-refractivity contribution in [3.63, 3.8) is 0 Å². The number of carbonyl (C=O) groups excluding carboxylic acids is 1. The van der Waals surface area contributed by atoms with Crippen molar-refractivity contribution >= 4 is 29.1 Å². The minimum Gasteiger partial charge on any atom is -0.390 e. The second kappa shape index (κ2) is 10.9. The maximum atomic E-state index is 13.8. The fraction of sp³-hybridized carbons (Fsp3) is 0.269. The molecule has 0 aliphatic heterocycles. The average molecular weight is 531 g/mol. The van der Waals surface area contributed by atoms with Gasteiger partial charge in [-0.05, 0) is 66.3 Å². The molecule has 2 aromatic carbocycles. The molecule has 2 atom stereocenters. The van der Waals surface area contributed by atoms with Crippen molar-refractivity contribution in [2.24, 2.45) is 0 Å². The van der Waals surface area contributed by atoms with Crippen LogP contribution in [0.25, 0.3) is 0 Å². The summed E-state index contributed by atoms with van der Waals surface area (Å²) < 4.78 is 27.6. The Bertz CT molecular complexity index is 1290. The van der Waals surface area contributed by atoms with E-state index in [-0.39, 0.29) is 40.2 Å². The number of hydrogen-bond donors (Lipinski definition) is 3. The third-order valence-electron chi connectivity index (χ3n) is 6.04. The fourth-order valence-electron chi connectivity index (χ4n) is 4.06. The molecular formula is C26H22Cl2F2N4O2. The Labute approximate surface area is 217 Å². The lowest BCUT2D eigenvalue weighted by molar-refractivity contribution is 0.0817. The summed E-state index contributed by atoms with van der Waals surface area (Å²) in [7, 11) is 0. The summed E-state index contributed by atoms with van der Waals surface area (Å²) in [5, 5.41) is 16.9. The number of rotatable bonds is 9. The van der Waals surface area contributed by atoms with E-state index >= 15 is 0 Å². The van der Waals surface area contributed by atoms with Crippen LogP contribution in [-0.2, 0) is 12.0 Å². The van der Waals surface area contributed by atoms with Crippen molar-refractivity contribution in [2.45, 2.75) is 36.9 Å². The van der Waals surface area contributed by atoms with Crippen LogP contribution in [0.5, 0.6) is 0 Å². The molecule has 1 aliphatic rings. The lowest BCUT2D eigenvalue weighted by Gasteiger charge is -2.27. The van der Waals surface area contributed by atoms with Crippen molar-refractivity contribution in [1.29, 1.82) is 0 Å². The van der Waals surface area contributed by atoms with Crippen LogP contribution >= 0.6 is 23.2 Å². The van der Waals surface area contributed by atoms with Crippen LogP contribution in [0.1, 0.15) is 40.0 Å². The van der Waals surface area contributed by atoms with E-state index in [2.05, 4.69) is 26.5 Å². The molecule has 1 heterocycles. The molecule has 0 radical (unpaired) electrons. The number of amides is 1. The Balaban J connectivity index is 1.53. The lowest BCUT2D eigenvalue weighted by Crippen LogP contribution is -2.50. The van der Waals surface area contributed by atoms with Crippen LogP contribution in [0.4, 0.5) is 8.78 Å². The number of halogens is 4. The van der Waals surface area contributed by atoms with Gasteiger partial charge >= 0.3 is 0 Å². The predicted octanol–water partition coefficient (Wildman–Crippen LogP) is 4.02. The number of aromatic nitrogens is 2. The van der Waals surface area contributed by atoms with E-state index in [0.29, 0.717) is 0 Å². The van der Waals surface area contributed by atoms with Gasteiger partial charge in [-0.1, -0.05) is 29.7 Å². The van der Waals surface area contributed by atoms with Crippen molar-refractivity contribution in [3.05, 3.63) is 93.0 Å². The number of aliphatic hydroxyl groups excluding tert-OH is 1. The van der Waals surface area contributed by atoms with Crippen LogP contribution in [0.15, 0.2) is 48.5 Å². The van der Waals surface area contributed by atoms with Crippen LogP contribution in [0.3, 0.4) is 0 Å². The Morgan fingerprint density at radius 1 is 1.14 bits per heavy atom. The summed E-state index contributed by atoms with van der Waals surface area (Å²) in [6.45, 7) is 0.0916. The Morgan fingerprint density at radius 3 is 2.50 bits per heavy atom. The molecule has 0 bridgehead atoms. The SMILES string of the molecule is C#Cc1cccc(C2(NC[C@H](O)[C@H](Cc3cc(F)cc(F)c3)NC(=O)c3cc(Cl)nc(Cl)n3)CC2)c1. The minimum absolute atomic E-state index is 0.0315. The fourth-order valence-corrected chi connectivity index (χ4v) is 4.46. The number of carbonyl (C=O) groups is 1. The highest BCUT2D eigenvalue weighted by atomic mass is 35.5. The van der Waals surface area contributed by atoms with Crippen LogP contribution in [0.2, 0.25) is 10.4 Å². The zero-order valence-electron chi connectivity index (χ0n) is 18.9. The van der Waals surface area contributed by atoms with Crippen molar-refractivity contribution in [2.75, 3.05) is 6.54 Å². The van der Waals surface area contributed by atoms with Gasteiger partial charge in [-0.25, -0.2) is 18.7 Å². The average Bonchev–Trinajstić information content (AvgIpc) is 3.62. The van der Waals surface area contributed by atoms with Gasteiger partial charge in [-0.3, -0.25) is 4.79 Å². The molecule has 0 saturated heterocycles. The van der Waals surface area contributed by atoms with E-state index in [1.165, 1.54) is 6.07 Å². The molecule has 6 nitrogen and oxygen atoms in total. The molecular weight excluding hydrogens is 509 g/mol. The quantitative estimate of drug-likeness (QED) is 0.221. The highest BCUT2D eigenvalue weighted by Gasteiger charge is 2.44. The van der Waals surface area contributed by atoms with Gasteiger partial charge in [0.05, 0.1) is 12.1 Å². The summed E-state index contributed by atoms with van der Waals surface area (Å²) in [6, 6.07) is 10.9. The van der Waals surface area contributed by atoms with Gasteiger partial charge in [0.1, 0.15) is 22.5 Å². The van der Waals surface area contributed by atoms with Crippen molar-refractivity contribution in [3.8, 4) is 12.3 Å². The zero-order valence-corrected chi connectivity index (χ0v) is 20.5. The second-order valence-electron chi connectivity index (χ2n) is 8.66. The van der Waals surface area contributed by atoms with Crippen LogP contribution in [-0.4, -0.2) is 39.7 Å². The van der Waals surface area contributed by atoms with Crippen molar-refractivity contribution in [1.82, 2.24) is 20.6 Å². The minimum atomic E-state index is -1.12. The second-order valence-corrected chi connectivity index (χ2v) is 9.39. The molecule has 1 aliphatic carbocycles. The number of aliphatic hydroxyl groups is 1. The molecule has 0 unspecified atom stereocenters. The van der Waals surface area contributed by atoms with E-state index in [0.717, 1.165) is 42.2 Å². The van der Waals surface area contributed by atoms with E-state index < -0.39 is 29.7 Å². The maximum Gasteiger partial charge on any atom is 0.270 e. The van der Waals surface area contributed by atoms with Gasteiger partial charge in [0.2, 0.25) is 5.28 Å². The summed E-state index contributed by atoms with van der Waals surface area (Å²) in [5.74, 6) is 0.417. The Hall–Kier alpha value is -3.09. The molecule has 4 rings (SSSR count). The summed E-state index contributed by atoms with van der Waals surface area (Å²) in [6.07, 6.45) is 6.04. The third kappa shape index (κ3) is 6.37. The first-order chi connectivity index (χ1) is 17.2.